The molecule has 0 spiro atoms. The van der Waals surface area contributed by atoms with Crippen LogP contribution in [0.15, 0.2) is 0 Å². The van der Waals surface area contributed by atoms with E-state index in [9.17, 15) is 4.79 Å². The van der Waals surface area contributed by atoms with E-state index in [1.807, 2.05) is 0 Å². The lowest BCUT2D eigenvalue weighted by Crippen LogP contribution is -2.68. The topological polar surface area (TPSA) is 38.3 Å². The van der Waals surface area contributed by atoms with Gasteiger partial charge in [-0.2, -0.15) is 0 Å². The van der Waals surface area contributed by atoms with E-state index in [2.05, 4.69) is 60.7 Å². The average molecular weight is 300 g/mol. The van der Waals surface area contributed by atoms with Gasteiger partial charge in [-0.3, -0.25) is 4.79 Å². The molecule has 1 N–H and O–H groups in total. The van der Waals surface area contributed by atoms with Gasteiger partial charge in [-0.05, 0) is 29.0 Å². The van der Waals surface area contributed by atoms with Crippen molar-refractivity contribution in [3.8, 4) is 0 Å². The van der Waals surface area contributed by atoms with Gasteiger partial charge in [0.25, 0.3) is 0 Å². The summed E-state index contributed by atoms with van der Waals surface area (Å²) in [6, 6.07) is 0.214. The van der Waals surface area contributed by atoms with Gasteiger partial charge in [0.1, 0.15) is 6.10 Å². The van der Waals surface area contributed by atoms with E-state index in [1.54, 1.807) is 0 Å². The second-order valence-corrected chi connectivity index (χ2v) is 13.0. The van der Waals surface area contributed by atoms with Crippen molar-refractivity contribution in [1.29, 1.82) is 0 Å². The van der Waals surface area contributed by atoms with Crippen molar-refractivity contribution in [2.75, 3.05) is 0 Å². The molecule has 0 unspecified atom stereocenters. The molecule has 2 atom stereocenters. The Balaban J connectivity index is 2.92. The van der Waals surface area contributed by atoms with Crippen LogP contribution < -0.4 is 5.32 Å². The molecule has 1 aliphatic heterocycles. The van der Waals surface area contributed by atoms with Gasteiger partial charge < -0.3 is 9.74 Å². The Morgan fingerprint density at radius 2 is 1.45 bits per heavy atom. The third-order valence-electron chi connectivity index (χ3n) is 4.72. The molecule has 0 aromatic heterocycles. The SMILES string of the molecule is CC(C)C[C@@H]1NC(=O)[C@@H]1O[Si](C(C)C)(C(C)C)C(C)C. The highest BCUT2D eigenvalue weighted by molar-refractivity contribution is 6.77. The van der Waals surface area contributed by atoms with Crippen molar-refractivity contribution in [3.05, 3.63) is 0 Å². The van der Waals surface area contributed by atoms with Crippen molar-refractivity contribution in [3.63, 3.8) is 0 Å². The maximum atomic E-state index is 12.0. The molecule has 20 heavy (non-hydrogen) atoms. The minimum absolute atomic E-state index is 0.0921. The number of rotatable bonds is 7. The second-order valence-electron chi connectivity index (χ2n) is 7.60. The molecule has 0 saturated carbocycles. The fraction of sp³-hybridized carbons (Fsp3) is 0.938. The number of β-lactam (4-membered cyclic amide) rings is 1. The fourth-order valence-corrected chi connectivity index (χ4v) is 9.41. The van der Waals surface area contributed by atoms with Crippen LogP contribution in [0.5, 0.6) is 0 Å². The van der Waals surface area contributed by atoms with Crippen molar-refractivity contribution in [2.45, 2.75) is 90.6 Å². The molecule has 0 bridgehead atoms. The third kappa shape index (κ3) is 3.27. The number of amides is 1. The number of carbonyl (C=O) groups excluding carboxylic acids is 1. The van der Waals surface area contributed by atoms with Crippen LogP contribution in [0.1, 0.15) is 61.8 Å². The molecule has 1 saturated heterocycles. The Morgan fingerprint density at radius 3 is 1.75 bits per heavy atom. The smallest absolute Gasteiger partial charge is 0.250 e. The number of hydrogen-bond donors (Lipinski definition) is 1. The van der Waals surface area contributed by atoms with E-state index in [-0.39, 0.29) is 18.1 Å². The van der Waals surface area contributed by atoms with Gasteiger partial charge in [-0.15, -0.1) is 0 Å². The summed E-state index contributed by atoms with van der Waals surface area (Å²) in [6.45, 7) is 18.0. The molecule has 4 heteroatoms. The lowest BCUT2D eigenvalue weighted by atomic mass is 9.93. The summed E-state index contributed by atoms with van der Waals surface area (Å²) in [6.07, 6.45) is 0.797. The van der Waals surface area contributed by atoms with Gasteiger partial charge in [0.15, 0.2) is 0 Å². The van der Waals surface area contributed by atoms with E-state index in [0.29, 0.717) is 22.5 Å². The maximum absolute atomic E-state index is 12.0. The highest BCUT2D eigenvalue weighted by Gasteiger charge is 2.52. The summed E-state index contributed by atoms with van der Waals surface area (Å²) in [7, 11) is -1.96. The van der Waals surface area contributed by atoms with E-state index in [0.717, 1.165) is 6.42 Å². The molecule has 118 valence electrons. The first-order chi connectivity index (χ1) is 9.12. The Hall–Kier alpha value is -0.353. The molecule has 0 radical (unpaired) electrons. The summed E-state index contributed by atoms with van der Waals surface area (Å²) >= 11 is 0. The zero-order chi connectivity index (χ0) is 15.7. The highest BCUT2D eigenvalue weighted by atomic mass is 28.4. The number of nitrogens with one attached hydrogen (secondary N) is 1. The van der Waals surface area contributed by atoms with E-state index in [1.165, 1.54) is 0 Å². The van der Waals surface area contributed by atoms with Gasteiger partial charge >= 0.3 is 0 Å². The fourth-order valence-electron chi connectivity index (χ4n) is 3.88. The zero-order valence-electron chi connectivity index (χ0n) is 14.5. The molecule has 3 nitrogen and oxygen atoms in total. The summed E-state index contributed by atoms with van der Waals surface area (Å²) < 4.78 is 6.61. The van der Waals surface area contributed by atoms with Crippen LogP contribution in [0.2, 0.25) is 16.6 Å². The summed E-state index contributed by atoms with van der Waals surface area (Å²) in [5.74, 6) is 0.675. The van der Waals surface area contributed by atoms with Crippen molar-refractivity contribution in [1.82, 2.24) is 5.32 Å². The first-order valence-corrected chi connectivity index (χ1v) is 10.2. The van der Waals surface area contributed by atoms with Crippen LogP contribution >= 0.6 is 0 Å². The maximum Gasteiger partial charge on any atom is 0.250 e. The molecule has 1 amide bonds. The van der Waals surface area contributed by atoms with E-state index >= 15 is 0 Å². The third-order valence-corrected chi connectivity index (χ3v) is 10.8. The van der Waals surface area contributed by atoms with Crippen molar-refractivity contribution < 1.29 is 9.22 Å². The molecule has 0 aliphatic carbocycles. The van der Waals surface area contributed by atoms with Crippen LogP contribution in [-0.4, -0.2) is 26.4 Å². The summed E-state index contributed by atoms with van der Waals surface area (Å²) in [4.78, 5) is 12.0. The lowest BCUT2D eigenvalue weighted by Gasteiger charge is -2.49. The first kappa shape index (κ1) is 17.7. The Bertz CT molecular complexity index is 318. The van der Waals surface area contributed by atoms with Crippen LogP contribution in [0.3, 0.4) is 0 Å². The van der Waals surface area contributed by atoms with Gasteiger partial charge in [-0.25, -0.2) is 0 Å². The minimum Gasteiger partial charge on any atom is -0.402 e. The normalized spacial score (nSPS) is 23.7. The van der Waals surface area contributed by atoms with E-state index < -0.39 is 8.32 Å². The van der Waals surface area contributed by atoms with E-state index in [4.69, 9.17) is 4.43 Å². The molecule has 0 aromatic rings. The van der Waals surface area contributed by atoms with Crippen LogP contribution in [0.25, 0.3) is 0 Å². The van der Waals surface area contributed by atoms with Gasteiger partial charge in [0.05, 0.1) is 6.04 Å². The Labute approximate surface area is 126 Å². The molecule has 1 aliphatic rings. The van der Waals surface area contributed by atoms with Crippen LogP contribution in [0.4, 0.5) is 0 Å². The van der Waals surface area contributed by atoms with Crippen LogP contribution in [-0.2, 0) is 9.22 Å². The summed E-state index contributed by atoms with van der Waals surface area (Å²) in [5.41, 5.74) is 1.57. The monoisotopic (exact) mass is 299 g/mol. The molecule has 1 rings (SSSR count). The zero-order valence-corrected chi connectivity index (χ0v) is 15.5. The molecule has 1 heterocycles. The predicted molar refractivity (Wildman–Crippen MR) is 87.3 cm³/mol. The Morgan fingerprint density at radius 1 is 1.00 bits per heavy atom. The van der Waals surface area contributed by atoms with Crippen LogP contribution in [0, 0.1) is 5.92 Å². The largest absolute Gasteiger partial charge is 0.402 e. The molecular weight excluding hydrogens is 266 g/mol. The van der Waals surface area contributed by atoms with Crippen molar-refractivity contribution >= 4 is 14.2 Å². The number of hydrogen-bond acceptors (Lipinski definition) is 2. The molecular formula is C16H33NO2Si. The first-order valence-electron chi connectivity index (χ1n) is 8.11. The van der Waals surface area contributed by atoms with Gasteiger partial charge in [0, 0.05) is 0 Å². The summed E-state index contributed by atoms with van der Waals surface area (Å²) in [5, 5.41) is 3.02. The highest BCUT2D eigenvalue weighted by Crippen LogP contribution is 2.44. The predicted octanol–water partition coefficient (Wildman–Crippen LogP) is 4.09. The number of carbonyl (C=O) groups is 1. The standard InChI is InChI=1S/C16H33NO2Si/c1-10(2)9-14-15(16(18)17-14)19-20(11(3)4,12(5)6)13(7)8/h10-15H,9H2,1-8H3,(H,17,18)/t14-,15+/m0/s1. The van der Waals surface area contributed by atoms with Gasteiger partial charge in [0.2, 0.25) is 14.2 Å². The second kappa shape index (κ2) is 6.61. The van der Waals surface area contributed by atoms with Crippen molar-refractivity contribution in [2.24, 2.45) is 5.92 Å². The minimum atomic E-state index is -1.96. The quantitative estimate of drug-likeness (QED) is 0.568. The average Bonchev–Trinajstić information content (AvgIpc) is 2.27. The molecule has 0 aromatic carbocycles. The lowest BCUT2D eigenvalue weighted by molar-refractivity contribution is -0.141. The molecule has 1 fully saturated rings. The van der Waals surface area contributed by atoms with Gasteiger partial charge in [-0.1, -0.05) is 55.4 Å². The Kier molecular flexibility index (Phi) is 5.85.